The lowest BCUT2D eigenvalue weighted by Crippen LogP contribution is -2.55. The van der Waals surface area contributed by atoms with Crippen LogP contribution in [-0.4, -0.2) is 71.7 Å². The van der Waals surface area contributed by atoms with Gasteiger partial charge in [0.25, 0.3) is 5.56 Å². The molecular weight excluding hydrogens is 489 g/mol. The Hall–Kier alpha value is -2.23. The highest BCUT2D eigenvalue weighted by Gasteiger charge is 2.41. The van der Waals surface area contributed by atoms with Gasteiger partial charge in [-0.3, -0.25) is 9.69 Å². The first kappa shape index (κ1) is 29.3. The van der Waals surface area contributed by atoms with E-state index in [1.165, 1.54) is 23.1 Å². The summed E-state index contributed by atoms with van der Waals surface area (Å²) in [6.45, 7) is 19.7. The van der Waals surface area contributed by atoms with Crippen molar-refractivity contribution >= 4 is 25.3 Å². The van der Waals surface area contributed by atoms with Crippen LogP contribution < -0.4 is 5.56 Å². The van der Waals surface area contributed by atoms with Crippen molar-refractivity contribution in [1.82, 2.24) is 14.4 Å². The summed E-state index contributed by atoms with van der Waals surface area (Å²) in [6.07, 6.45) is -0.143. The Balaban J connectivity index is 1.85. The zero-order valence-electron chi connectivity index (χ0n) is 23.7. The molecule has 1 aromatic carbocycles. The maximum atomic E-state index is 14.0. The minimum Gasteiger partial charge on any atom is -0.465 e. The second kappa shape index (κ2) is 10.9. The summed E-state index contributed by atoms with van der Waals surface area (Å²) < 4.78 is 22.4. The highest BCUT2D eigenvalue weighted by Crippen LogP contribution is 2.38. The number of halogens is 1. The number of nitrogens with zero attached hydrogens (tertiary/aromatic N) is 3. The Bertz CT molecular complexity index is 1170. The Labute approximate surface area is 221 Å². The maximum Gasteiger partial charge on any atom is 0.407 e. The van der Waals surface area contributed by atoms with Gasteiger partial charge in [0, 0.05) is 44.3 Å². The molecule has 2 atom stereocenters. The molecule has 2 heterocycles. The maximum absolute atomic E-state index is 14.0. The van der Waals surface area contributed by atoms with Gasteiger partial charge in [-0.05, 0) is 80.9 Å². The number of rotatable bonds is 7. The van der Waals surface area contributed by atoms with Crippen LogP contribution in [0.3, 0.4) is 0 Å². The van der Waals surface area contributed by atoms with E-state index < -0.39 is 19.9 Å². The van der Waals surface area contributed by atoms with Crippen LogP contribution in [0.4, 0.5) is 9.18 Å². The van der Waals surface area contributed by atoms with E-state index in [4.69, 9.17) is 4.43 Å². The lowest BCUT2D eigenvalue weighted by atomic mass is 9.93. The van der Waals surface area contributed by atoms with Gasteiger partial charge in [0.05, 0.1) is 11.6 Å². The number of carboxylic acid groups (broad SMARTS) is 1. The van der Waals surface area contributed by atoms with E-state index in [1.807, 2.05) is 20.8 Å². The number of hydrogen-bond acceptors (Lipinski definition) is 4. The zero-order valence-corrected chi connectivity index (χ0v) is 24.7. The molecule has 37 heavy (non-hydrogen) atoms. The van der Waals surface area contributed by atoms with E-state index in [1.54, 1.807) is 16.7 Å². The molecule has 1 aromatic heterocycles. The predicted octanol–water partition coefficient (Wildman–Crippen LogP) is 5.63. The molecular formula is C28H44FN3O4Si. The number of amides is 1. The van der Waals surface area contributed by atoms with Crippen molar-refractivity contribution in [1.29, 1.82) is 0 Å². The van der Waals surface area contributed by atoms with Gasteiger partial charge in [-0.1, -0.05) is 20.8 Å². The Morgan fingerprint density at radius 1 is 1.11 bits per heavy atom. The highest BCUT2D eigenvalue weighted by molar-refractivity contribution is 6.74. The van der Waals surface area contributed by atoms with E-state index in [9.17, 15) is 19.1 Å². The number of hydrogen-bond donors (Lipinski definition) is 1. The van der Waals surface area contributed by atoms with Gasteiger partial charge in [-0.2, -0.15) is 0 Å². The summed E-state index contributed by atoms with van der Waals surface area (Å²) in [5, 5.41) is 10.8. The first-order chi connectivity index (χ1) is 17.0. The Morgan fingerprint density at radius 2 is 1.76 bits per heavy atom. The fourth-order valence-corrected chi connectivity index (χ4v) is 6.23. The molecule has 0 saturated carbocycles. The minimum atomic E-state index is -2.04. The fourth-order valence-electron chi connectivity index (χ4n) is 4.87. The lowest BCUT2D eigenvalue weighted by Gasteiger charge is -2.46. The van der Waals surface area contributed by atoms with Crippen LogP contribution in [0, 0.1) is 11.7 Å². The predicted molar refractivity (Wildman–Crippen MR) is 149 cm³/mol. The van der Waals surface area contributed by atoms with Crippen LogP contribution >= 0.6 is 0 Å². The van der Waals surface area contributed by atoms with Gasteiger partial charge in [0.1, 0.15) is 5.82 Å². The third-order valence-electron chi connectivity index (χ3n) is 7.92. The molecule has 206 valence electrons. The second-order valence-electron chi connectivity index (χ2n) is 13.0. The molecule has 0 bridgehead atoms. The molecule has 1 amide bonds. The van der Waals surface area contributed by atoms with Crippen molar-refractivity contribution in [3.05, 3.63) is 46.5 Å². The number of pyridine rings is 1. The molecule has 0 radical (unpaired) electrons. The molecule has 9 heteroatoms. The standard InChI is InChI=1S/C28H44FN3O4Si/c1-27(2,3)32(26(34)35)18-20-15-23(36-37(7,8)28(4,5)6)19-30(17-20)13-14-31-24-16-22(29)11-9-21(24)10-12-25(31)33/h9-12,16,20,23H,13-15,17-19H2,1-8H3,(H,34,35). The lowest BCUT2D eigenvalue weighted by molar-refractivity contribution is 0.0206. The van der Waals surface area contributed by atoms with Crippen molar-refractivity contribution in [3.63, 3.8) is 0 Å². The van der Waals surface area contributed by atoms with E-state index in [0.29, 0.717) is 31.7 Å². The number of carbonyl (C=O) groups is 1. The topological polar surface area (TPSA) is 75.0 Å². The third kappa shape index (κ3) is 7.21. The van der Waals surface area contributed by atoms with Crippen LogP contribution in [0.1, 0.15) is 48.0 Å². The minimum absolute atomic E-state index is 0.0167. The number of likely N-dealkylation sites (tertiary alicyclic amines) is 1. The van der Waals surface area contributed by atoms with E-state index >= 15 is 0 Å². The van der Waals surface area contributed by atoms with Crippen LogP contribution in [-0.2, 0) is 11.0 Å². The van der Waals surface area contributed by atoms with Crippen LogP contribution in [0.2, 0.25) is 18.1 Å². The summed E-state index contributed by atoms with van der Waals surface area (Å²) in [4.78, 5) is 28.6. The quantitative estimate of drug-likeness (QED) is 0.467. The average molecular weight is 534 g/mol. The fraction of sp³-hybridized carbons (Fsp3) is 0.643. The van der Waals surface area contributed by atoms with Gasteiger partial charge < -0.3 is 19.0 Å². The van der Waals surface area contributed by atoms with Crippen molar-refractivity contribution in [2.45, 2.75) is 84.3 Å². The molecule has 1 aliphatic rings. The smallest absolute Gasteiger partial charge is 0.407 e. The molecule has 1 saturated heterocycles. The first-order valence-electron chi connectivity index (χ1n) is 13.2. The Kier molecular flexibility index (Phi) is 8.61. The van der Waals surface area contributed by atoms with Crippen LogP contribution in [0.15, 0.2) is 35.1 Å². The largest absolute Gasteiger partial charge is 0.465 e. The molecule has 1 fully saturated rings. The molecule has 3 rings (SSSR count). The molecule has 1 N–H and O–H groups in total. The first-order valence-corrected chi connectivity index (χ1v) is 16.1. The van der Waals surface area contributed by atoms with Crippen molar-refractivity contribution in [2.24, 2.45) is 5.92 Å². The summed E-state index contributed by atoms with van der Waals surface area (Å²) >= 11 is 0. The number of aromatic nitrogens is 1. The van der Waals surface area contributed by atoms with Crippen LogP contribution in [0.5, 0.6) is 0 Å². The molecule has 7 nitrogen and oxygen atoms in total. The monoisotopic (exact) mass is 533 g/mol. The highest BCUT2D eigenvalue weighted by atomic mass is 28.4. The molecule has 2 unspecified atom stereocenters. The zero-order chi connectivity index (χ0) is 27.8. The van der Waals surface area contributed by atoms with Crippen LogP contribution in [0.25, 0.3) is 10.9 Å². The number of benzene rings is 1. The molecule has 1 aliphatic heterocycles. The normalized spacial score (nSPS) is 19.8. The van der Waals surface area contributed by atoms with E-state index in [-0.39, 0.29) is 28.4 Å². The van der Waals surface area contributed by atoms with Gasteiger partial charge in [0.2, 0.25) is 0 Å². The Morgan fingerprint density at radius 3 is 2.35 bits per heavy atom. The second-order valence-corrected chi connectivity index (χ2v) is 17.7. The summed E-state index contributed by atoms with van der Waals surface area (Å²) in [6, 6.07) is 7.75. The van der Waals surface area contributed by atoms with Gasteiger partial charge >= 0.3 is 6.09 Å². The van der Waals surface area contributed by atoms with Crippen molar-refractivity contribution in [3.8, 4) is 0 Å². The number of fused-ring (bicyclic) bond motifs is 1. The average Bonchev–Trinajstić information content (AvgIpc) is 2.74. The van der Waals surface area contributed by atoms with Gasteiger partial charge in [-0.15, -0.1) is 0 Å². The molecule has 0 spiro atoms. The van der Waals surface area contributed by atoms with E-state index in [2.05, 4.69) is 38.8 Å². The number of piperidine rings is 1. The van der Waals surface area contributed by atoms with Gasteiger partial charge in [0.15, 0.2) is 8.32 Å². The van der Waals surface area contributed by atoms with Gasteiger partial charge in [-0.25, -0.2) is 9.18 Å². The summed E-state index contributed by atoms with van der Waals surface area (Å²) in [7, 11) is -2.04. The molecule has 0 aliphatic carbocycles. The van der Waals surface area contributed by atoms with Crippen molar-refractivity contribution < 1.29 is 18.7 Å². The molecule has 2 aromatic rings. The third-order valence-corrected chi connectivity index (χ3v) is 12.5. The summed E-state index contributed by atoms with van der Waals surface area (Å²) in [5.41, 5.74) is -0.0880. The van der Waals surface area contributed by atoms with Crippen molar-refractivity contribution in [2.75, 3.05) is 26.2 Å². The SMILES string of the molecule is CC(C)(C)N(CC1CC(O[Si](C)(C)C(C)(C)C)CN(CCn2c(=O)ccc3ccc(F)cc32)C1)C(=O)O. The summed E-state index contributed by atoms with van der Waals surface area (Å²) in [5.74, 6) is -0.274. The van der Waals surface area contributed by atoms with E-state index in [0.717, 1.165) is 18.4 Å².